The fourth-order valence-electron chi connectivity index (χ4n) is 3.39. The van der Waals surface area contributed by atoms with Crippen LogP contribution < -0.4 is 0 Å². The molecule has 0 bridgehead atoms. The van der Waals surface area contributed by atoms with E-state index in [1.54, 1.807) is 0 Å². The quantitative estimate of drug-likeness (QED) is 0.800. The van der Waals surface area contributed by atoms with Gasteiger partial charge in [0.05, 0.1) is 5.75 Å². The molecule has 24 heavy (non-hydrogen) atoms. The van der Waals surface area contributed by atoms with Gasteiger partial charge in [-0.1, -0.05) is 43.8 Å². The number of rotatable bonds is 4. The molecular formula is C18H24N4OS. The summed E-state index contributed by atoms with van der Waals surface area (Å²) >= 11 is 1.47. The smallest absolute Gasteiger partial charge is 0.233 e. The first kappa shape index (κ1) is 17.0. The lowest BCUT2D eigenvalue weighted by atomic mass is 9.92. The average Bonchev–Trinajstić information content (AvgIpc) is 2.93. The predicted octanol–water partition coefficient (Wildman–Crippen LogP) is 3.17. The van der Waals surface area contributed by atoms with Gasteiger partial charge in [0.15, 0.2) is 5.16 Å². The molecule has 0 unspecified atom stereocenters. The van der Waals surface area contributed by atoms with Crippen LogP contribution in [0.25, 0.3) is 5.69 Å². The van der Waals surface area contributed by atoms with Gasteiger partial charge in [0.25, 0.3) is 0 Å². The van der Waals surface area contributed by atoms with Crippen molar-refractivity contribution in [1.29, 1.82) is 0 Å². The summed E-state index contributed by atoms with van der Waals surface area (Å²) < 4.78 is 2.00. The van der Waals surface area contributed by atoms with Crippen molar-refractivity contribution < 1.29 is 4.79 Å². The van der Waals surface area contributed by atoms with Gasteiger partial charge in [-0.25, -0.2) is 0 Å². The molecule has 0 aliphatic carbocycles. The molecule has 0 N–H and O–H groups in total. The molecule has 1 fully saturated rings. The van der Waals surface area contributed by atoms with Gasteiger partial charge >= 0.3 is 0 Å². The van der Waals surface area contributed by atoms with E-state index in [1.807, 2.05) is 46.7 Å². The first-order chi connectivity index (χ1) is 11.5. The zero-order valence-electron chi connectivity index (χ0n) is 14.5. The van der Waals surface area contributed by atoms with Crippen LogP contribution in [0.1, 0.15) is 26.1 Å². The number of para-hydroxylation sites is 1. The largest absolute Gasteiger partial charge is 0.341 e. The van der Waals surface area contributed by atoms with Crippen LogP contribution in [-0.2, 0) is 4.79 Å². The normalized spacial score (nSPS) is 21.0. The molecular weight excluding hydrogens is 320 g/mol. The maximum absolute atomic E-state index is 12.6. The summed E-state index contributed by atoms with van der Waals surface area (Å²) in [6.07, 6.45) is 1.21. The highest BCUT2D eigenvalue weighted by atomic mass is 32.2. The second-order valence-electron chi connectivity index (χ2n) is 6.73. The summed E-state index contributed by atoms with van der Waals surface area (Å²) in [5.41, 5.74) is 1.02. The number of hydrogen-bond acceptors (Lipinski definition) is 4. The third kappa shape index (κ3) is 3.80. The standard InChI is InChI=1S/C18H24N4OS/c1-13-9-14(2)11-21(10-13)17(23)12-24-18-20-19-15(3)22(18)16-7-5-4-6-8-16/h4-8,13-14H,9-12H2,1-3H3/t13-,14-/m0/s1. The van der Waals surface area contributed by atoms with Crippen LogP contribution in [0.15, 0.2) is 35.5 Å². The first-order valence-corrected chi connectivity index (χ1v) is 9.41. The van der Waals surface area contributed by atoms with Crippen molar-refractivity contribution >= 4 is 17.7 Å². The highest BCUT2D eigenvalue weighted by molar-refractivity contribution is 7.99. The number of thioether (sulfide) groups is 1. The van der Waals surface area contributed by atoms with Crippen molar-refractivity contribution in [2.75, 3.05) is 18.8 Å². The van der Waals surface area contributed by atoms with Crippen LogP contribution >= 0.6 is 11.8 Å². The summed E-state index contributed by atoms with van der Waals surface area (Å²) in [5.74, 6) is 2.59. The summed E-state index contributed by atoms with van der Waals surface area (Å²) in [4.78, 5) is 14.6. The minimum absolute atomic E-state index is 0.193. The van der Waals surface area contributed by atoms with E-state index in [-0.39, 0.29) is 5.91 Å². The number of likely N-dealkylation sites (tertiary alicyclic amines) is 1. The third-order valence-electron chi connectivity index (χ3n) is 4.36. The van der Waals surface area contributed by atoms with E-state index in [9.17, 15) is 4.79 Å². The van der Waals surface area contributed by atoms with Crippen LogP contribution in [0.2, 0.25) is 0 Å². The van der Waals surface area contributed by atoms with Gasteiger partial charge in [0, 0.05) is 18.8 Å². The molecule has 0 saturated carbocycles. The fourth-order valence-corrected chi connectivity index (χ4v) is 4.30. The van der Waals surface area contributed by atoms with E-state index in [4.69, 9.17) is 0 Å². The van der Waals surface area contributed by atoms with Gasteiger partial charge in [-0.05, 0) is 37.3 Å². The molecule has 2 aromatic rings. The highest BCUT2D eigenvalue weighted by Gasteiger charge is 2.25. The van der Waals surface area contributed by atoms with Gasteiger partial charge < -0.3 is 4.90 Å². The van der Waals surface area contributed by atoms with Gasteiger partial charge in [0.2, 0.25) is 5.91 Å². The molecule has 6 heteroatoms. The molecule has 1 saturated heterocycles. The molecule has 1 aromatic heterocycles. The van der Waals surface area contributed by atoms with Gasteiger partial charge in [-0.3, -0.25) is 9.36 Å². The lowest BCUT2D eigenvalue weighted by molar-refractivity contribution is -0.130. The summed E-state index contributed by atoms with van der Waals surface area (Å²) in [6, 6.07) is 10.0. The Morgan fingerprint density at radius 1 is 1.17 bits per heavy atom. The Balaban J connectivity index is 1.68. The topological polar surface area (TPSA) is 51.0 Å². The molecule has 0 radical (unpaired) electrons. The van der Waals surface area contributed by atoms with Crippen molar-refractivity contribution in [1.82, 2.24) is 19.7 Å². The van der Waals surface area contributed by atoms with Crippen molar-refractivity contribution in [3.8, 4) is 5.69 Å². The first-order valence-electron chi connectivity index (χ1n) is 8.42. The van der Waals surface area contributed by atoms with Gasteiger partial charge in [-0.2, -0.15) is 0 Å². The number of carbonyl (C=O) groups excluding carboxylic acids is 1. The third-order valence-corrected chi connectivity index (χ3v) is 5.27. The lowest BCUT2D eigenvalue weighted by Gasteiger charge is -2.34. The van der Waals surface area contributed by atoms with Crippen molar-refractivity contribution in [3.63, 3.8) is 0 Å². The van der Waals surface area contributed by atoms with Crippen LogP contribution in [0, 0.1) is 18.8 Å². The number of benzene rings is 1. The molecule has 1 amide bonds. The molecule has 3 rings (SSSR count). The maximum atomic E-state index is 12.6. The zero-order valence-corrected chi connectivity index (χ0v) is 15.3. The monoisotopic (exact) mass is 344 g/mol. The van der Waals surface area contributed by atoms with E-state index in [0.717, 1.165) is 29.8 Å². The Hall–Kier alpha value is -1.82. The van der Waals surface area contributed by atoms with E-state index in [1.165, 1.54) is 18.2 Å². The fraction of sp³-hybridized carbons (Fsp3) is 0.500. The Kier molecular flexibility index (Phi) is 5.23. The van der Waals surface area contributed by atoms with Crippen LogP contribution in [0.3, 0.4) is 0 Å². The number of aromatic nitrogens is 3. The van der Waals surface area contributed by atoms with Crippen LogP contribution in [0.5, 0.6) is 0 Å². The number of piperidine rings is 1. The van der Waals surface area contributed by atoms with E-state index in [2.05, 4.69) is 24.0 Å². The van der Waals surface area contributed by atoms with Gasteiger partial charge in [-0.15, -0.1) is 10.2 Å². The molecule has 2 heterocycles. The Morgan fingerprint density at radius 3 is 2.50 bits per heavy atom. The summed E-state index contributed by atoms with van der Waals surface area (Å²) in [6.45, 7) is 8.11. The Morgan fingerprint density at radius 2 is 1.83 bits per heavy atom. The minimum Gasteiger partial charge on any atom is -0.341 e. The second-order valence-corrected chi connectivity index (χ2v) is 7.68. The molecule has 0 spiro atoms. The molecule has 2 atom stereocenters. The molecule has 128 valence electrons. The number of carbonyl (C=O) groups is 1. The second kappa shape index (κ2) is 7.38. The minimum atomic E-state index is 0.193. The molecule has 1 aromatic carbocycles. The molecule has 5 nitrogen and oxygen atoms in total. The van der Waals surface area contributed by atoms with Gasteiger partial charge in [0.1, 0.15) is 5.82 Å². The number of nitrogens with zero attached hydrogens (tertiary/aromatic N) is 4. The Labute approximate surface area is 147 Å². The SMILES string of the molecule is Cc1nnc(SCC(=O)N2C[C@@H](C)C[C@H](C)C2)n1-c1ccccc1. The maximum Gasteiger partial charge on any atom is 0.233 e. The van der Waals surface area contributed by atoms with Crippen molar-refractivity contribution in [2.45, 2.75) is 32.3 Å². The Bertz CT molecular complexity index is 690. The summed E-state index contributed by atoms with van der Waals surface area (Å²) in [5, 5.41) is 9.19. The van der Waals surface area contributed by atoms with Crippen molar-refractivity contribution in [2.24, 2.45) is 11.8 Å². The number of amides is 1. The van der Waals surface area contributed by atoms with E-state index >= 15 is 0 Å². The predicted molar refractivity (Wildman–Crippen MR) is 96.3 cm³/mol. The number of hydrogen-bond donors (Lipinski definition) is 0. The van der Waals surface area contributed by atoms with Crippen LogP contribution in [0.4, 0.5) is 0 Å². The van der Waals surface area contributed by atoms with E-state index in [0.29, 0.717) is 17.6 Å². The molecule has 1 aliphatic heterocycles. The van der Waals surface area contributed by atoms with Crippen molar-refractivity contribution in [3.05, 3.63) is 36.2 Å². The highest BCUT2D eigenvalue weighted by Crippen LogP contribution is 2.24. The lowest BCUT2D eigenvalue weighted by Crippen LogP contribution is -2.43. The summed E-state index contributed by atoms with van der Waals surface area (Å²) in [7, 11) is 0. The number of aryl methyl sites for hydroxylation is 1. The zero-order chi connectivity index (χ0) is 17.1. The average molecular weight is 344 g/mol. The molecule has 1 aliphatic rings. The van der Waals surface area contributed by atoms with Crippen LogP contribution in [-0.4, -0.2) is 44.4 Å². The van der Waals surface area contributed by atoms with E-state index < -0.39 is 0 Å².